The fourth-order valence-electron chi connectivity index (χ4n) is 0.713. The van der Waals surface area contributed by atoms with E-state index < -0.39 is 5.97 Å². The van der Waals surface area contributed by atoms with Crippen LogP contribution in [-0.4, -0.2) is 16.1 Å². The third kappa shape index (κ3) is 2.42. The van der Waals surface area contributed by atoms with Crippen molar-refractivity contribution in [1.29, 1.82) is 0 Å². The monoisotopic (exact) mass is 164 g/mol. The summed E-state index contributed by atoms with van der Waals surface area (Å²) in [5, 5.41) is 8.30. The lowest BCUT2D eigenvalue weighted by atomic mass is 10.3. The smallest absolute Gasteiger partial charge is 0.328 e. The molecule has 0 aliphatic carbocycles. The van der Waals surface area contributed by atoms with Crippen LogP contribution in [0, 0.1) is 0 Å². The number of hydrogen-bond acceptors (Lipinski definition) is 3. The number of nitrogen functional groups attached to an aromatic ring is 1. The summed E-state index contributed by atoms with van der Waals surface area (Å²) >= 11 is 0. The first kappa shape index (κ1) is 8.26. The van der Waals surface area contributed by atoms with Gasteiger partial charge in [0.15, 0.2) is 0 Å². The van der Waals surface area contributed by atoms with Gasteiger partial charge in [-0.3, -0.25) is 4.98 Å². The van der Waals surface area contributed by atoms with Crippen LogP contribution in [0.5, 0.6) is 0 Å². The molecule has 0 radical (unpaired) electrons. The van der Waals surface area contributed by atoms with Gasteiger partial charge >= 0.3 is 5.97 Å². The number of nitrogens with zero attached hydrogens (tertiary/aromatic N) is 1. The number of aliphatic carboxylic acids is 1. The highest BCUT2D eigenvalue weighted by Crippen LogP contribution is 2.03. The van der Waals surface area contributed by atoms with Gasteiger partial charge in [-0.1, -0.05) is 0 Å². The Bertz CT molecular complexity index is 321. The summed E-state index contributed by atoms with van der Waals surface area (Å²) in [6, 6.07) is 3.23. The van der Waals surface area contributed by atoms with Crippen molar-refractivity contribution in [2.45, 2.75) is 0 Å². The van der Waals surface area contributed by atoms with Crippen molar-refractivity contribution in [2.75, 3.05) is 5.73 Å². The molecule has 1 heterocycles. The molecule has 3 N–H and O–H groups in total. The first-order valence-corrected chi connectivity index (χ1v) is 3.31. The Hall–Kier alpha value is -1.84. The van der Waals surface area contributed by atoms with Gasteiger partial charge in [0.25, 0.3) is 0 Å². The number of anilines is 1. The molecule has 4 nitrogen and oxygen atoms in total. The molecule has 4 heteroatoms. The molecule has 0 spiro atoms. The van der Waals surface area contributed by atoms with Gasteiger partial charge in [-0.25, -0.2) is 4.79 Å². The van der Waals surface area contributed by atoms with Gasteiger partial charge in [-0.15, -0.1) is 0 Å². The molecule has 0 bridgehead atoms. The van der Waals surface area contributed by atoms with Crippen LogP contribution in [0.25, 0.3) is 6.08 Å². The van der Waals surface area contributed by atoms with Crippen LogP contribution in [0.1, 0.15) is 5.69 Å². The Balaban J connectivity index is 2.83. The van der Waals surface area contributed by atoms with Gasteiger partial charge in [-0.2, -0.15) is 0 Å². The van der Waals surface area contributed by atoms with E-state index in [1.54, 1.807) is 12.1 Å². The highest BCUT2D eigenvalue weighted by Gasteiger charge is 1.90. The molecule has 0 saturated carbocycles. The predicted molar refractivity (Wildman–Crippen MR) is 45.3 cm³/mol. The van der Waals surface area contributed by atoms with Crippen molar-refractivity contribution >= 4 is 17.7 Å². The lowest BCUT2D eigenvalue weighted by Gasteiger charge is -1.92. The Labute approximate surface area is 69.4 Å². The Morgan fingerprint density at radius 3 is 3.00 bits per heavy atom. The highest BCUT2D eigenvalue weighted by molar-refractivity contribution is 5.85. The number of aromatic nitrogens is 1. The molecule has 1 aromatic rings. The summed E-state index contributed by atoms with van der Waals surface area (Å²) < 4.78 is 0. The Morgan fingerprint density at radius 2 is 2.42 bits per heavy atom. The van der Waals surface area contributed by atoms with E-state index in [1.807, 2.05) is 0 Å². The fourth-order valence-corrected chi connectivity index (χ4v) is 0.713. The molecule has 0 aliphatic heterocycles. The van der Waals surface area contributed by atoms with Crippen LogP contribution in [0.2, 0.25) is 0 Å². The largest absolute Gasteiger partial charge is 0.478 e. The quantitative estimate of drug-likeness (QED) is 0.633. The molecule has 0 unspecified atom stereocenters. The zero-order valence-electron chi connectivity index (χ0n) is 6.27. The molecule has 12 heavy (non-hydrogen) atoms. The van der Waals surface area contributed by atoms with Gasteiger partial charge in [-0.05, 0) is 18.2 Å². The number of nitrogens with two attached hydrogens (primary N) is 1. The van der Waals surface area contributed by atoms with E-state index in [-0.39, 0.29) is 0 Å². The minimum absolute atomic E-state index is 0.539. The van der Waals surface area contributed by atoms with E-state index in [4.69, 9.17) is 10.8 Å². The number of rotatable bonds is 2. The lowest BCUT2D eigenvalue weighted by molar-refractivity contribution is -0.131. The number of carboxylic acids is 1. The first-order chi connectivity index (χ1) is 5.68. The summed E-state index contributed by atoms with van der Waals surface area (Å²) in [5.74, 6) is -1.00. The predicted octanol–water partition coefficient (Wildman–Crippen LogP) is 0.762. The van der Waals surface area contributed by atoms with Gasteiger partial charge in [0.2, 0.25) is 0 Å². The fraction of sp³-hybridized carbons (Fsp3) is 0. The Morgan fingerprint density at radius 1 is 1.67 bits per heavy atom. The molecular formula is C8H8N2O2. The molecule has 0 amide bonds. The zero-order chi connectivity index (χ0) is 8.97. The molecule has 62 valence electrons. The minimum Gasteiger partial charge on any atom is -0.478 e. The zero-order valence-corrected chi connectivity index (χ0v) is 6.27. The average Bonchev–Trinajstić information content (AvgIpc) is 2.01. The maximum Gasteiger partial charge on any atom is 0.328 e. The second-order valence-electron chi connectivity index (χ2n) is 2.19. The molecule has 1 rings (SSSR count). The molecule has 0 aromatic carbocycles. The van der Waals surface area contributed by atoms with E-state index in [2.05, 4.69) is 4.98 Å². The minimum atomic E-state index is -1.00. The topological polar surface area (TPSA) is 76.2 Å². The van der Waals surface area contributed by atoms with E-state index >= 15 is 0 Å². The van der Waals surface area contributed by atoms with Crippen LogP contribution in [0.4, 0.5) is 5.69 Å². The normalized spacial score (nSPS) is 10.3. The summed E-state index contributed by atoms with van der Waals surface area (Å²) in [4.78, 5) is 14.0. The van der Waals surface area contributed by atoms with E-state index in [0.29, 0.717) is 11.4 Å². The molecule has 0 saturated heterocycles. The second-order valence-corrected chi connectivity index (χ2v) is 2.19. The van der Waals surface area contributed by atoms with Crippen LogP contribution < -0.4 is 5.73 Å². The molecular weight excluding hydrogens is 156 g/mol. The second kappa shape index (κ2) is 3.52. The molecule has 0 fully saturated rings. The highest BCUT2D eigenvalue weighted by atomic mass is 16.4. The third-order valence-corrected chi connectivity index (χ3v) is 1.20. The van der Waals surface area contributed by atoms with Crippen molar-refractivity contribution in [3.8, 4) is 0 Å². The number of hydrogen-bond donors (Lipinski definition) is 2. The van der Waals surface area contributed by atoms with E-state index in [9.17, 15) is 4.79 Å². The maximum absolute atomic E-state index is 10.1. The van der Waals surface area contributed by atoms with Crippen LogP contribution in [0.15, 0.2) is 24.4 Å². The molecule has 0 atom stereocenters. The van der Waals surface area contributed by atoms with Crippen LogP contribution in [-0.2, 0) is 4.79 Å². The molecule has 1 aromatic heterocycles. The standard InChI is InChI=1S/C8H8N2O2/c9-6-3-4-10-7(5-6)1-2-8(11)12/h1-5H,(H2,9,10)(H,11,12)/b2-1+. The maximum atomic E-state index is 10.1. The van der Waals surface area contributed by atoms with E-state index in [1.165, 1.54) is 12.3 Å². The van der Waals surface area contributed by atoms with Crippen LogP contribution >= 0.6 is 0 Å². The summed E-state index contributed by atoms with van der Waals surface area (Å²) in [6.45, 7) is 0. The van der Waals surface area contributed by atoms with Crippen LogP contribution in [0.3, 0.4) is 0 Å². The SMILES string of the molecule is Nc1ccnc(/C=C/C(=O)O)c1. The van der Waals surface area contributed by atoms with E-state index in [0.717, 1.165) is 6.08 Å². The number of pyridine rings is 1. The van der Waals surface area contributed by atoms with Gasteiger partial charge in [0, 0.05) is 18.0 Å². The summed E-state index contributed by atoms with van der Waals surface area (Å²) in [5.41, 5.74) is 6.55. The van der Waals surface area contributed by atoms with Crippen molar-refractivity contribution < 1.29 is 9.90 Å². The van der Waals surface area contributed by atoms with Crippen molar-refractivity contribution in [1.82, 2.24) is 4.98 Å². The van der Waals surface area contributed by atoms with Crippen molar-refractivity contribution in [3.63, 3.8) is 0 Å². The third-order valence-electron chi connectivity index (χ3n) is 1.20. The van der Waals surface area contributed by atoms with Gasteiger partial charge in [0.1, 0.15) is 0 Å². The number of carboxylic acid groups (broad SMARTS) is 1. The van der Waals surface area contributed by atoms with Crippen molar-refractivity contribution in [3.05, 3.63) is 30.1 Å². The summed E-state index contributed by atoms with van der Waals surface area (Å²) in [6.07, 6.45) is 3.93. The van der Waals surface area contributed by atoms with Gasteiger partial charge in [0.05, 0.1) is 5.69 Å². The average molecular weight is 164 g/mol. The van der Waals surface area contributed by atoms with Gasteiger partial charge < -0.3 is 10.8 Å². The lowest BCUT2D eigenvalue weighted by Crippen LogP contribution is -1.89. The van der Waals surface area contributed by atoms with Crippen molar-refractivity contribution in [2.24, 2.45) is 0 Å². The number of carbonyl (C=O) groups is 1. The molecule has 0 aliphatic rings. The first-order valence-electron chi connectivity index (χ1n) is 3.31. The summed E-state index contributed by atoms with van der Waals surface area (Å²) in [7, 11) is 0. The Kier molecular flexibility index (Phi) is 2.42.